The molecule has 0 amide bonds. The smallest absolute Gasteiger partial charge is 0.331 e. The van der Waals surface area contributed by atoms with Crippen LogP contribution in [0.2, 0.25) is 5.02 Å². The van der Waals surface area contributed by atoms with Crippen molar-refractivity contribution in [3.05, 3.63) is 50.5 Å². The van der Waals surface area contributed by atoms with Crippen molar-refractivity contribution in [2.75, 3.05) is 5.73 Å². The van der Waals surface area contributed by atoms with Gasteiger partial charge in [0.25, 0.3) is 0 Å². The molecule has 0 aliphatic carbocycles. The van der Waals surface area contributed by atoms with Crippen LogP contribution >= 0.6 is 11.6 Å². The van der Waals surface area contributed by atoms with Crippen molar-refractivity contribution in [3.8, 4) is 11.6 Å². The minimum Gasteiger partial charge on any atom is -0.433 e. The van der Waals surface area contributed by atoms with Crippen LogP contribution in [0.15, 0.2) is 24.3 Å². The summed E-state index contributed by atoms with van der Waals surface area (Å²) in [6, 6.07) is 6.04. The Bertz CT molecular complexity index is 666. The Kier molecular flexibility index (Phi) is 3.76. The summed E-state index contributed by atoms with van der Waals surface area (Å²) in [7, 11) is 0. The second-order valence-electron chi connectivity index (χ2n) is 4.29. The number of pyridine rings is 1. The van der Waals surface area contributed by atoms with E-state index in [0.717, 1.165) is 11.1 Å². The highest BCUT2D eigenvalue weighted by atomic mass is 35.5. The van der Waals surface area contributed by atoms with Crippen LogP contribution in [-0.4, -0.2) is 9.91 Å². The zero-order valence-corrected chi connectivity index (χ0v) is 11.6. The van der Waals surface area contributed by atoms with Crippen LogP contribution < -0.4 is 10.5 Å². The van der Waals surface area contributed by atoms with Crippen molar-refractivity contribution in [1.82, 2.24) is 4.98 Å². The summed E-state index contributed by atoms with van der Waals surface area (Å²) in [6.45, 7) is 3.60. The molecular weight excluding hydrogens is 282 g/mol. The zero-order valence-electron chi connectivity index (χ0n) is 10.9. The number of hydrogen-bond donors (Lipinski definition) is 1. The van der Waals surface area contributed by atoms with Crippen LogP contribution in [0.1, 0.15) is 11.1 Å². The minimum atomic E-state index is -0.567. The second kappa shape index (κ2) is 5.34. The van der Waals surface area contributed by atoms with E-state index in [9.17, 15) is 10.1 Å². The molecule has 1 aromatic carbocycles. The quantitative estimate of drug-likeness (QED) is 0.689. The summed E-state index contributed by atoms with van der Waals surface area (Å²) in [5.74, 6) is 0.494. The van der Waals surface area contributed by atoms with Crippen LogP contribution in [0.4, 0.5) is 11.5 Å². The van der Waals surface area contributed by atoms with Crippen LogP contribution in [-0.2, 0) is 0 Å². The molecule has 7 heteroatoms. The molecule has 1 aromatic heterocycles. The summed E-state index contributed by atoms with van der Waals surface area (Å²) in [5.41, 5.74) is 6.82. The number of nitrogen functional groups attached to an aromatic ring is 1. The van der Waals surface area contributed by atoms with Gasteiger partial charge in [-0.15, -0.1) is 0 Å². The van der Waals surface area contributed by atoms with Crippen LogP contribution in [0.25, 0.3) is 0 Å². The highest BCUT2D eigenvalue weighted by Gasteiger charge is 2.19. The van der Waals surface area contributed by atoms with Crippen LogP contribution in [0.5, 0.6) is 11.6 Å². The Labute approximate surface area is 120 Å². The van der Waals surface area contributed by atoms with Gasteiger partial charge < -0.3 is 10.5 Å². The summed E-state index contributed by atoms with van der Waals surface area (Å²) in [6.07, 6.45) is 0. The van der Waals surface area contributed by atoms with Gasteiger partial charge in [-0.2, -0.15) is 4.98 Å². The molecule has 2 aromatic rings. The van der Waals surface area contributed by atoms with E-state index in [1.807, 2.05) is 0 Å². The number of nitrogens with two attached hydrogens (primary N) is 1. The Morgan fingerprint density at radius 1 is 1.30 bits per heavy atom. The van der Waals surface area contributed by atoms with Crippen molar-refractivity contribution in [3.63, 3.8) is 0 Å². The fourth-order valence-electron chi connectivity index (χ4n) is 1.82. The van der Waals surface area contributed by atoms with E-state index in [1.165, 1.54) is 12.1 Å². The lowest BCUT2D eigenvalue weighted by Gasteiger charge is -2.11. The molecule has 1 heterocycles. The number of anilines is 1. The van der Waals surface area contributed by atoms with E-state index in [2.05, 4.69) is 4.98 Å². The second-order valence-corrected chi connectivity index (χ2v) is 4.72. The molecule has 0 unspecified atom stereocenters. The van der Waals surface area contributed by atoms with Crippen molar-refractivity contribution >= 4 is 23.1 Å². The van der Waals surface area contributed by atoms with E-state index in [1.54, 1.807) is 26.0 Å². The van der Waals surface area contributed by atoms with Crippen LogP contribution in [0.3, 0.4) is 0 Å². The van der Waals surface area contributed by atoms with Gasteiger partial charge in [-0.25, -0.2) is 0 Å². The Morgan fingerprint density at radius 2 is 1.90 bits per heavy atom. The number of hydrogen-bond acceptors (Lipinski definition) is 5. The monoisotopic (exact) mass is 293 g/mol. The lowest BCUT2D eigenvalue weighted by atomic mass is 10.1. The Morgan fingerprint density at radius 3 is 2.45 bits per heavy atom. The van der Waals surface area contributed by atoms with Gasteiger partial charge in [-0.1, -0.05) is 11.6 Å². The first-order chi connectivity index (χ1) is 9.38. The first kappa shape index (κ1) is 14.1. The van der Waals surface area contributed by atoms with Gasteiger partial charge in [-0.3, -0.25) is 10.1 Å². The maximum absolute atomic E-state index is 11.0. The third kappa shape index (κ3) is 2.80. The molecule has 0 fully saturated rings. The lowest BCUT2D eigenvalue weighted by molar-refractivity contribution is -0.386. The average molecular weight is 294 g/mol. The van der Waals surface area contributed by atoms with Gasteiger partial charge in [-0.05, 0) is 43.2 Å². The Balaban J connectivity index is 2.50. The molecule has 0 radical (unpaired) electrons. The molecule has 0 bridgehead atoms. The van der Waals surface area contributed by atoms with Gasteiger partial charge in [0.2, 0.25) is 0 Å². The van der Waals surface area contributed by atoms with Gasteiger partial charge in [0.1, 0.15) is 11.6 Å². The fraction of sp³-hybridized carbons (Fsp3) is 0.154. The molecule has 104 valence electrons. The van der Waals surface area contributed by atoms with Crippen molar-refractivity contribution in [2.45, 2.75) is 13.8 Å². The lowest BCUT2D eigenvalue weighted by Crippen LogP contribution is -2.00. The molecule has 20 heavy (non-hydrogen) atoms. The Hall–Kier alpha value is -2.34. The number of ether oxygens (including phenoxy) is 1. The third-order valence-corrected chi connectivity index (χ3v) is 2.90. The molecule has 0 aliphatic heterocycles. The number of nitrogens with zero attached hydrogens (tertiary/aromatic N) is 2. The van der Waals surface area contributed by atoms with Crippen molar-refractivity contribution in [2.24, 2.45) is 0 Å². The molecule has 6 nitrogen and oxygen atoms in total. The standard InChI is InChI=1S/C13H12ClN3O3/c1-7-5-9(14)6-8(2)12(7)20-13-10(17(18)19)3-4-11(15)16-13/h3-6H,1-2H3,(H2,15,16). The van der Waals surface area contributed by atoms with E-state index < -0.39 is 4.92 Å². The summed E-state index contributed by atoms with van der Waals surface area (Å²) >= 11 is 5.93. The largest absolute Gasteiger partial charge is 0.433 e. The maximum atomic E-state index is 11.0. The molecular formula is C13H12ClN3O3. The van der Waals surface area contributed by atoms with Gasteiger partial charge in [0, 0.05) is 11.1 Å². The number of nitro groups is 1. The molecule has 0 spiro atoms. The average Bonchev–Trinajstić information content (AvgIpc) is 2.33. The molecule has 0 atom stereocenters. The number of rotatable bonds is 3. The predicted octanol–water partition coefficient (Wildman–Crippen LogP) is 3.63. The van der Waals surface area contributed by atoms with E-state index in [-0.39, 0.29) is 17.4 Å². The normalized spacial score (nSPS) is 10.3. The molecule has 2 rings (SSSR count). The molecule has 0 saturated carbocycles. The number of halogens is 1. The van der Waals surface area contributed by atoms with Gasteiger partial charge in [0.15, 0.2) is 0 Å². The van der Waals surface area contributed by atoms with E-state index in [4.69, 9.17) is 22.1 Å². The van der Waals surface area contributed by atoms with Gasteiger partial charge in [0.05, 0.1) is 4.92 Å². The predicted molar refractivity (Wildman–Crippen MR) is 76.3 cm³/mol. The highest BCUT2D eigenvalue weighted by molar-refractivity contribution is 6.30. The first-order valence-corrected chi connectivity index (χ1v) is 6.12. The summed E-state index contributed by atoms with van der Waals surface area (Å²) in [4.78, 5) is 14.3. The van der Waals surface area contributed by atoms with Crippen molar-refractivity contribution in [1.29, 1.82) is 0 Å². The molecule has 2 N–H and O–H groups in total. The maximum Gasteiger partial charge on any atom is 0.331 e. The van der Waals surface area contributed by atoms with Gasteiger partial charge >= 0.3 is 11.6 Å². The molecule has 0 aliphatic rings. The highest BCUT2D eigenvalue weighted by Crippen LogP contribution is 2.35. The minimum absolute atomic E-state index is 0.136. The third-order valence-electron chi connectivity index (χ3n) is 2.68. The number of aromatic nitrogens is 1. The van der Waals surface area contributed by atoms with Crippen LogP contribution in [0, 0.1) is 24.0 Å². The topological polar surface area (TPSA) is 91.3 Å². The zero-order chi connectivity index (χ0) is 14.9. The fourth-order valence-corrected chi connectivity index (χ4v) is 2.14. The summed E-state index contributed by atoms with van der Waals surface area (Å²) in [5, 5.41) is 11.5. The molecule has 0 saturated heterocycles. The first-order valence-electron chi connectivity index (χ1n) is 5.74. The number of aryl methyl sites for hydroxylation is 2. The van der Waals surface area contributed by atoms with E-state index >= 15 is 0 Å². The van der Waals surface area contributed by atoms with E-state index in [0.29, 0.717) is 10.8 Å². The SMILES string of the molecule is Cc1cc(Cl)cc(C)c1Oc1nc(N)ccc1[N+](=O)[O-]. The summed E-state index contributed by atoms with van der Waals surface area (Å²) < 4.78 is 5.58. The number of benzene rings is 1. The van der Waals surface area contributed by atoms with Crippen molar-refractivity contribution < 1.29 is 9.66 Å².